The van der Waals surface area contributed by atoms with Gasteiger partial charge in [0.15, 0.2) is 0 Å². The van der Waals surface area contributed by atoms with Crippen molar-refractivity contribution >= 4 is 11.9 Å². The van der Waals surface area contributed by atoms with Gasteiger partial charge in [0.2, 0.25) is 0 Å². The number of carbonyl (C=O) groups is 2. The first kappa shape index (κ1) is 37.6. The van der Waals surface area contributed by atoms with Gasteiger partial charge in [-0.15, -0.1) is 0 Å². The van der Waals surface area contributed by atoms with E-state index in [0.717, 1.165) is 42.6 Å². The molecule has 0 aliphatic carbocycles. The second-order valence-electron chi connectivity index (χ2n) is 12.7. The van der Waals surface area contributed by atoms with Gasteiger partial charge in [0.05, 0.1) is 30.3 Å². The molecule has 248 valence electrons. The van der Waals surface area contributed by atoms with Gasteiger partial charge in [-0.2, -0.15) is 0 Å². The fraction of sp³-hybridized carbons (Fsp3) is 0.692. The van der Waals surface area contributed by atoms with Gasteiger partial charge in [-0.3, -0.25) is 0 Å². The molecule has 0 bridgehead atoms. The van der Waals surface area contributed by atoms with E-state index in [9.17, 15) is 9.59 Å². The Kier molecular flexibility index (Phi) is 20.3. The van der Waals surface area contributed by atoms with Gasteiger partial charge >= 0.3 is 11.9 Å². The highest BCUT2D eigenvalue weighted by atomic mass is 16.5. The van der Waals surface area contributed by atoms with Gasteiger partial charge in [0, 0.05) is 11.4 Å². The average Bonchev–Trinajstić information content (AvgIpc) is 3.02. The number of carbonyl (C=O) groups excluding carboxylic acids is 2. The number of unbranched alkanes of at least 4 members (excludes halogenated alkanes) is 18. The van der Waals surface area contributed by atoms with Crippen LogP contribution < -0.4 is 5.32 Å². The van der Waals surface area contributed by atoms with E-state index in [2.05, 4.69) is 19.2 Å². The van der Waals surface area contributed by atoms with E-state index in [0.29, 0.717) is 24.4 Å². The van der Waals surface area contributed by atoms with Crippen molar-refractivity contribution in [3.05, 3.63) is 58.4 Å². The van der Waals surface area contributed by atoms with E-state index in [1.54, 1.807) is 0 Å². The molecule has 5 nitrogen and oxygen atoms in total. The topological polar surface area (TPSA) is 64.6 Å². The second-order valence-corrected chi connectivity index (χ2v) is 12.7. The Morgan fingerprint density at radius 3 is 1.25 bits per heavy atom. The SMILES string of the molecule is CCCCCCCCCCCCOC(=O)C1=C(C)NC(C)=C(C(=O)OCCCCCCCCCCCC)C1c1ccccc1. The van der Waals surface area contributed by atoms with Crippen LogP contribution in [0.2, 0.25) is 0 Å². The van der Waals surface area contributed by atoms with Crippen LogP contribution in [0.5, 0.6) is 0 Å². The van der Waals surface area contributed by atoms with Crippen LogP contribution >= 0.6 is 0 Å². The Morgan fingerprint density at radius 1 is 0.545 bits per heavy atom. The van der Waals surface area contributed by atoms with Crippen LogP contribution in [0.25, 0.3) is 0 Å². The highest BCUT2D eigenvalue weighted by molar-refractivity contribution is 5.99. The minimum atomic E-state index is -0.516. The predicted molar refractivity (Wildman–Crippen MR) is 183 cm³/mol. The molecule has 1 aromatic rings. The molecule has 0 saturated carbocycles. The Hall–Kier alpha value is -2.56. The van der Waals surface area contributed by atoms with Crippen molar-refractivity contribution in [3.8, 4) is 0 Å². The largest absolute Gasteiger partial charge is 0.462 e. The number of benzene rings is 1. The Morgan fingerprint density at radius 2 is 0.886 bits per heavy atom. The molecular weight excluding hydrogens is 546 g/mol. The summed E-state index contributed by atoms with van der Waals surface area (Å²) in [7, 11) is 0. The van der Waals surface area contributed by atoms with Crippen LogP contribution in [0.3, 0.4) is 0 Å². The van der Waals surface area contributed by atoms with Crippen molar-refractivity contribution in [3.63, 3.8) is 0 Å². The normalized spacial score (nSPS) is 13.7. The van der Waals surface area contributed by atoms with Crippen LogP contribution in [0, 0.1) is 0 Å². The summed E-state index contributed by atoms with van der Waals surface area (Å²) in [6, 6.07) is 9.79. The van der Waals surface area contributed by atoms with E-state index >= 15 is 0 Å². The first-order chi connectivity index (χ1) is 21.5. The summed E-state index contributed by atoms with van der Waals surface area (Å²) in [5, 5.41) is 3.28. The van der Waals surface area contributed by atoms with Gasteiger partial charge in [0.1, 0.15) is 0 Å². The van der Waals surface area contributed by atoms with Gasteiger partial charge in [-0.1, -0.05) is 160 Å². The van der Waals surface area contributed by atoms with Crippen LogP contribution in [0.15, 0.2) is 52.9 Å². The zero-order valence-corrected chi connectivity index (χ0v) is 28.7. The Balaban J connectivity index is 1.86. The van der Waals surface area contributed by atoms with Gasteiger partial charge in [-0.25, -0.2) is 9.59 Å². The number of hydrogen-bond acceptors (Lipinski definition) is 5. The van der Waals surface area contributed by atoms with E-state index < -0.39 is 5.92 Å². The average molecular weight is 610 g/mol. The molecule has 0 amide bonds. The summed E-state index contributed by atoms with van der Waals surface area (Å²) >= 11 is 0. The first-order valence-corrected chi connectivity index (χ1v) is 18.1. The second kappa shape index (κ2) is 23.8. The zero-order chi connectivity index (χ0) is 31.8. The molecule has 0 aromatic heterocycles. The molecule has 44 heavy (non-hydrogen) atoms. The van der Waals surface area contributed by atoms with Crippen LogP contribution in [-0.2, 0) is 19.1 Å². The summed E-state index contributed by atoms with van der Waals surface area (Å²) in [4.78, 5) is 27.0. The van der Waals surface area contributed by atoms with Crippen molar-refractivity contribution in [2.45, 2.75) is 162 Å². The third-order valence-electron chi connectivity index (χ3n) is 8.80. The van der Waals surface area contributed by atoms with E-state index in [1.165, 1.54) is 103 Å². The number of allylic oxidation sites excluding steroid dienone is 2. The first-order valence-electron chi connectivity index (χ1n) is 18.1. The molecule has 0 saturated heterocycles. The predicted octanol–water partition coefficient (Wildman–Crippen LogP) is 10.8. The highest BCUT2D eigenvalue weighted by Crippen LogP contribution is 2.39. The van der Waals surface area contributed by atoms with Gasteiger partial charge < -0.3 is 14.8 Å². The van der Waals surface area contributed by atoms with Crippen molar-refractivity contribution < 1.29 is 19.1 Å². The fourth-order valence-electron chi connectivity index (χ4n) is 6.18. The summed E-state index contributed by atoms with van der Waals surface area (Å²) < 4.78 is 11.6. The molecule has 1 N–H and O–H groups in total. The molecule has 1 aromatic carbocycles. The highest BCUT2D eigenvalue weighted by Gasteiger charge is 2.37. The van der Waals surface area contributed by atoms with E-state index in [1.807, 2.05) is 44.2 Å². The molecule has 2 rings (SSSR count). The quantitative estimate of drug-likeness (QED) is 0.0882. The van der Waals surface area contributed by atoms with E-state index in [-0.39, 0.29) is 11.9 Å². The van der Waals surface area contributed by atoms with Crippen molar-refractivity contribution in [2.75, 3.05) is 13.2 Å². The molecule has 1 aliphatic rings. The minimum Gasteiger partial charge on any atom is -0.462 e. The molecule has 0 radical (unpaired) electrons. The maximum atomic E-state index is 13.5. The lowest BCUT2D eigenvalue weighted by atomic mass is 9.80. The number of esters is 2. The van der Waals surface area contributed by atoms with Crippen LogP contribution in [-0.4, -0.2) is 25.2 Å². The fourth-order valence-corrected chi connectivity index (χ4v) is 6.18. The number of nitrogens with one attached hydrogen (secondary N) is 1. The smallest absolute Gasteiger partial charge is 0.336 e. The Bertz CT molecular complexity index is 937. The summed E-state index contributed by atoms with van der Waals surface area (Å²) in [6.45, 7) is 9.08. The van der Waals surface area contributed by atoms with Crippen molar-refractivity contribution in [1.82, 2.24) is 5.32 Å². The minimum absolute atomic E-state index is 0.354. The van der Waals surface area contributed by atoms with E-state index in [4.69, 9.17) is 9.47 Å². The monoisotopic (exact) mass is 609 g/mol. The third kappa shape index (κ3) is 14.5. The summed E-state index contributed by atoms with van der Waals surface area (Å²) in [6.07, 6.45) is 24.6. The molecule has 0 atom stereocenters. The van der Waals surface area contributed by atoms with Gasteiger partial charge in [0.25, 0.3) is 0 Å². The molecule has 5 heteroatoms. The molecule has 0 fully saturated rings. The maximum absolute atomic E-state index is 13.5. The van der Waals surface area contributed by atoms with Crippen LogP contribution in [0.4, 0.5) is 0 Å². The third-order valence-corrected chi connectivity index (χ3v) is 8.80. The number of hydrogen-bond donors (Lipinski definition) is 1. The molecule has 0 unspecified atom stereocenters. The van der Waals surface area contributed by atoms with Crippen molar-refractivity contribution in [2.24, 2.45) is 0 Å². The molecular formula is C39H63NO4. The Labute approximate surface area is 269 Å². The summed E-state index contributed by atoms with van der Waals surface area (Å²) in [5.74, 6) is -1.22. The van der Waals surface area contributed by atoms with Crippen molar-refractivity contribution in [1.29, 1.82) is 0 Å². The number of rotatable bonds is 25. The van der Waals surface area contributed by atoms with Gasteiger partial charge in [-0.05, 0) is 32.3 Å². The lowest BCUT2D eigenvalue weighted by Gasteiger charge is -2.30. The lowest BCUT2D eigenvalue weighted by Crippen LogP contribution is -2.32. The number of dihydropyridines is 1. The molecule has 1 heterocycles. The van der Waals surface area contributed by atoms with Crippen LogP contribution in [0.1, 0.15) is 168 Å². The standard InChI is InChI=1S/C39H63NO4/c1-5-7-9-11-13-15-17-19-21-26-30-43-38(41)35-32(3)40-33(4)36(37(35)34-28-24-23-25-29-34)39(42)44-31-27-22-20-18-16-14-12-10-8-6-2/h23-25,28-29,37,40H,5-22,26-27,30-31H2,1-4H3. The summed E-state index contributed by atoms with van der Waals surface area (Å²) in [5.41, 5.74) is 3.36. The lowest BCUT2D eigenvalue weighted by molar-refractivity contribution is -0.140. The molecule has 0 spiro atoms. The zero-order valence-electron chi connectivity index (χ0n) is 28.7. The molecule has 1 aliphatic heterocycles. The number of ether oxygens (including phenoxy) is 2. The maximum Gasteiger partial charge on any atom is 0.336 e.